The summed E-state index contributed by atoms with van der Waals surface area (Å²) < 4.78 is 0. The summed E-state index contributed by atoms with van der Waals surface area (Å²) in [4.78, 5) is 10.2. The molecule has 3 rings (SSSR count). The number of thiazole rings is 1. The number of hydrogen-bond acceptors (Lipinski definition) is 4. The summed E-state index contributed by atoms with van der Waals surface area (Å²) >= 11 is 1.80. The van der Waals surface area contributed by atoms with Crippen LogP contribution in [0.25, 0.3) is 10.6 Å². The first-order chi connectivity index (χ1) is 8.83. The van der Waals surface area contributed by atoms with Gasteiger partial charge in [-0.15, -0.1) is 11.3 Å². The van der Waals surface area contributed by atoms with Crippen LogP contribution in [0.1, 0.15) is 29.3 Å². The molecular formula is C14H17N3S. The molecule has 0 atom stereocenters. The van der Waals surface area contributed by atoms with Crippen molar-refractivity contribution in [2.24, 2.45) is 0 Å². The van der Waals surface area contributed by atoms with Gasteiger partial charge < -0.3 is 5.32 Å². The van der Waals surface area contributed by atoms with Gasteiger partial charge in [0.15, 0.2) is 0 Å². The minimum atomic E-state index is 0.635. The second-order valence-corrected chi connectivity index (χ2v) is 5.87. The molecule has 1 aliphatic rings. The first kappa shape index (κ1) is 11.8. The number of pyridine rings is 1. The number of nitrogens with zero attached hydrogens (tertiary/aromatic N) is 2. The summed E-state index contributed by atoms with van der Waals surface area (Å²) in [7, 11) is 0. The second kappa shape index (κ2) is 5.16. The zero-order valence-electron chi connectivity index (χ0n) is 10.5. The summed E-state index contributed by atoms with van der Waals surface area (Å²) in [6.07, 6.45) is 6.29. The van der Waals surface area contributed by atoms with E-state index in [-0.39, 0.29) is 0 Å². The molecule has 18 heavy (non-hydrogen) atoms. The molecule has 0 unspecified atom stereocenters. The van der Waals surface area contributed by atoms with Gasteiger partial charge in [0.05, 0.1) is 15.6 Å². The average Bonchev–Trinajstić information content (AvgIpc) is 2.90. The van der Waals surface area contributed by atoms with Gasteiger partial charge in [0.2, 0.25) is 0 Å². The topological polar surface area (TPSA) is 37.8 Å². The van der Waals surface area contributed by atoms with Crippen LogP contribution in [0.2, 0.25) is 0 Å². The van der Waals surface area contributed by atoms with Crippen molar-refractivity contribution in [3.8, 4) is 10.6 Å². The molecule has 1 saturated heterocycles. The van der Waals surface area contributed by atoms with E-state index in [9.17, 15) is 0 Å². The van der Waals surface area contributed by atoms with Crippen molar-refractivity contribution in [2.45, 2.75) is 25.7 Å². The van der Waals surface area contributed by atoms with Gasteiger partial charge >= 0.3 is 0 Å². The summed E-state index contributed by atoms with van der Waals surface area (Å²) in [6, 6.07) is 4.18. The Hall–Kier alpha value is -1.26. The molecule has 0 aliphatic carbocycles. The van der Waals surface area contributed by atoms with E-state index >= 15 is 0 Å². The fraction of sp³-hybridized carbons (Fsp3) is 0.429. The first-order valence-electron chi connectivity index (χ1n) is 6.42. The van der Waals surface area contributed by atoms with Gasteiger partial charge in [-0.1, -0.05) is 6.07 Å². The molecule has 3 heterocycles. The Morgan fingerprint density at radius 3 is 2.72 bits per heavy atom. The minimum absolute atomic E-state index is 0.635. The number of aryl methyl sites for hydroxylation is 1. The van der Waals surface area contributed by atoms with Gasteiger partial charge in [-0.05, 0) is 44.5 Å². The molecule has 0 bridgehead atoms. The van der Waals surface area contributed by atoms with Crippen LogP contribution in [0.4, 0.5) is 0 Å². The Balaban J connectivity index is 1.82. The molecule has 2 aromatic heterocycles. The summed E-state index contributed by atoms with van der Waals surface area (Å²) in [5.41, 5.74) is 2.24. The predicted octanol–water partition coefficient (Wildman–Crippen LogP) is 2.98. The molecule has 0 radical (unpaired) electrons. The number of aromatic nitrogens is 2. The molecule has 94 valence electrons. The van der Waals surface area contributed by atoms with Crippen molar-refractivity contribution in [3.63, 3.8) is 0 Å². The average molecular weight is 259 g/mol. The molecule has 0 saturated carbocycles. The maximum Gasteiger partial charge on any atom is 0.0963 e. The van der Waals surface area contributed by atoms with Crippen LogP contribution < -0.4 is 5.32 Å². The fourth-order valence-electron chi connectivity index (χ4n) is 2.28. The van der Waals surface area contributed by atoms with Crippen molar-refractivity contribution in [1.82, 2.24) is 15.3 Å². The largest absolute Gasteiger partial charge is 0.317 e. The zero-order chi connectivity index (χ0) is 12.4. The standard InChI is InChI=1S/C14H17N3S/c1-10-2-3-12(16-8-10)13-9-17-14(18-13)11-4-6-15-7-5-11/h2-3,8-9,11,15H,4-7H2,1H3. The van der Waals surface area contributed by atoms with Crippen LogP contribution in [0.3, 0.4) is 0 Å². The summed E-state index contributed by atoms with van der Waals surface area (Å²) in [5.74, 6) is 0.635. The van der Waals surface area contributed by atoms with E-state index in [0.717, 1.165) is 18.8 Å². The van der Waals surface area contributed by atoms with Crippen molar-refractivity contribution in [2.75, 3.05) is 13.1 Å². The number of rotatable bonds is 2. The quantitative estimate of drug-likeness (QED) is 0.901. The molecule has 0 spiro atoms. The maximum absolute atomic E-state index is 4.59. The number of piperidine rings is 1. The lowest BCUT2D eigenvalue weighted by Gasteiger charge is -2.20. The van der Waals surface area contributed by atoms with Crippen LogP contribution in [0.5, 0.6) is 0 Å². The fourth-order valence-corrected chi connectivity index (χ4v) is 3.34. The molecule has 0 aromatic carbocycles. The van der Waals surface area contributed by atoms with E-state index in [1.807, 2.05) is 12.4 Å². The van der Waals surface area contributed by atoms with Crippen molar-refractivity contribution in [1.29, 1.82) is 0 Å². The number of hydrogen-bond donors (Lipinski definition) is 1. The Labute approximate surface area is 111 Å². The van der Waals surface area contributed by atoms with E-state index in [4.69, 9.17) is 0 Å². The van der Waals surface area contributed by atoms with Crippen LogP contribution in [0.15, 0.2) is 24.5 Å². The van der Waals surface area contributed by atoms with Gasteiger partial charge in [-0.2, -0.15) is 0 Å². The highest BCUT2D eigenvalue weighted by Crippen LogP contribution is 2.32. The molecule has 0 amide bonds. The molecule has 1 N–H and O–H groups in total. The minimum Gasteiger partial charge on any atom is -0.317 e. The lowest BCUT2D eigenvalue weighted by Crippen LogP contribution is -2.26. The third kappa shape index (κ3) is 2.44. The third-order valence-electron chi connectivity index (χ3n) is 3.38. The third-order valence-corrected chi connectivity index (χ3v) is 4.56. The lowest BCUT2D eigenvalue weighted by molar-refractivity contribution is 0.459. The van der Waals surface area contributed by atoms with E-state index in [1.54, 1.807) is 11.3 Å². The molecular weight excluding hydrogens is 242 g/mol. The summed E-state index contributed by atoms with van der Waals surface area (Å²) in [6.45, 7) is 4.29. The lowest BCUT2D eigenvalue weighted by atomic mass is 9.99. The van der Waals surface area contributed by atoms with E-state index in [1.165, 1.54) is 28.3 Å². The van der Waals surface area contributed by atoms with Crippen LogP contribution in [0, 0.1) is 6.92 Å². The zero-order valence-corrected chi connectivity index (χ0v) is 11.3. The van der Waals surface area contributed by atoms with Crippen molar-refractivity contribution in [3.05, 3.63) is 35.1 Å². The van der Waals surface area contributed by atoms with Gasteiger partial charge in [-0.3, -0.25) is 4.98 Å². The highest BCUT2D eigenvalue weighted by atomic mass is 32.1. The van der Waals surface area contributed by atoms with Crippen molar-refractivity contribution < 1.29 is 0 Å². The first-order valence-corrected chi connectivity index (χ1v) is 7.24. The van der Waals surface area contributed by atoms with Gasteiger partial charge in [0.25, 0.3) is 0 Å². The van der Waals surface area contributed by atoms with Crippen molar-refractivity contribution >= 4 is 11.3 Å². The second-order valence-electron chi connectivity index (χ2n) is 4.81. The van der Waals surface area contributed by atoms with E-state index in [0.29, 0.717) is 5.92 Å². The predicted molar refractivity (Wildman–Crippen MR) is 74.9 cm³/mol. The normalized spacial score (nSPS) is 16.9. The highest BCUT2D eigenvalue weighted by molar-refractivity contribution is 7.15. The SMILES string of the molecule is Cc1ccc(-c2cnc(C3CCNCC3)s2)nc1. The highest BCUT2D eigenvalue weighted by Gasteiger charge is 2.18. The van der Waals surface area contributed by atoms with Gasteiger partial charge in [0, 0.05) is 18.3 Å². The Kier molecular flexibility index (Phi) is 3.39. The number of nitrogens with one attached hydrogen (secondary N) is 1. The Morgan fingerprint density at radius 2 is 2.00 bits per heavy atom. The van der Waals surface area contributed by atoms with E-state index in [2.05, 4.69) is 34.3 Å². The Bertz CT molecular complexity index is 512. The smallest absolute Gasteiger partial charge is 0.0963 e. The van der Waals surface area contributed by atoms with Crippen LogP contribution >= 0.6 is 11.3 Å². The molecule has 2 aromatic rings. The van der Waals surface area contributed by atoms with Crippen LogP contribution in [-0.4, -0.2) is 23.1 Å². The van der Waals surface area contributed by atoms with E-state index < -0.39 is 0 Å². The monoisotopic (exact) mass is 259 g/mol. The van der Waals surface area contributed by atoms with Gasteiger partial charge in [0.1, 0.15) is 0 Å². The Morgan fingerprint density at radius 1 is 1.17 bits per heavy atom. The molecule has 1 fully saturated rings. The van der Waals surface area contributed by atoms with Crippen LogP contribution in [-0.2, 0) is 0 Å². The summed E-state index contributed by atoms with van der Waals surface area (Å²) in [5, 5.41) is 4.67. The molecule has 3 nitrogen and oxygen atoms in total. The molecule has 4 heteroatoms. The molecule has 1 aliphatic heterocycles. The maximum atomic E-state index is 4.59. The van der Waals surface area contributed by atoms with Gasteiger partial charge in [-0.25, -0.2) is 4.98 Å².